The molecule has 1 N–H and O–H groups in total. The van der Waals surface area contributed by atoms with E-state index in [2.05, 4.69) is 4.74 Å². The summed E-state index contributed by atoms with van der Waals surface area (Å²) in [6, 6.07) is 0. The Hall–Kier alpha value is -0.650. The lowest BCUT2D eigenvalue weighted by Crippen LogP contribution is -2.38. The molecule has 0 bridgehead atoms. The molecular weight excluding hydrogens is 210 g/mol. The van der Waals surface area contributed by atoms with Gasteiger partial charge in [0.25, 0.3) is 0 Å². The Bertz CT molecular complexity index is 196. The van der Waals surface area contributed by atoms with E-state index in [4.69, 9.17) is 4.74 Å². The second-order valence-corrected chi connectivity index (χ2v) is 3.94. The first-order valence-corrected chi connectivity index (χ1v) is 5.58. The van der Waals surface area contributed by atoms with Crippen LogP contribution in [0.4, 0.5) is 0 Å². The number of carbonyl (C=O) groups is 1. The molecule has 0 aromatic heterocycles. The molecule has 0 saturated heterocycles. The van der Waals surface area contributed by atoms with Crippen LogP contribution in [0.5, 0.6) is 0 Å². The molecule has 16 heavy (non-hydrogen) atoms. The zero-order valence-electron chi connectivity index (χ0n) is 10.6. The molecule has 0 amide bonds. The minimum Gasteiger partial charge on any atom is -0.468 e. The number of hydrogen-bond acceptors (Lipinski definition) is 5. The average Bonchev–Trinajstić information content (AvgIpc) is 2.25. The van der Waals surface area contributed by atoms with Crippen LogP contribution in [0, 0.1) is 0 Å². The number of aliphatic hydroxyl groups is 1. The van der Waals surface area contributed by atoms with Gasteiger partial charge in [-0.15, -0.1) is 0 Å². The first-order chi connectivity index (χ1) is 7.49. The molecule has 0 spiro atoms. The lowest BCUT2D eigenvalue weighted by Gasteiger charge is -2.22. The standard InChI is InChI=1S/C11H23NO4/c1-5-12(7-11(14)15-4)6-10(13)8-16-9(2)3/h9-10,13H,5-8H2,1-4H3. The van der Waals surface area contributed by atoms with E-state index in [1.54, 1.807) is 0 Å². The van der Waals surface area contributed by atoms with Crippen molar-refractivity contribution in [2.24, 2.45) is 0 Å². The smallest absolute Gasteiger partial charge is 0.319 e. The Kier molecular flexibility index (Phi) is 8.15. The summed E-state index contributed by atoms with van der Waals surface area (Å²) in [7, 11) is 1.36. The predicted molar refractivity (Wildman–Crippen MR) is 61.2 cm³/mol. The zero-order chi connectivity index (χ0) is 12.6. The van der Waals surface area contributed by atoms with E-state index in [1.165, 1.54) is 7.11 Å². The van der Waals surface area contributed by atoms with Gasteiger partial charge in [-0.1, -0.05) is 6.92 Å². The molecular formula is C11H23NO4. The van der Waals surface area contributed by atoms with Crippen molar-refractivity contribution in [2.75, 3.05) is 33.4 Å². The normalized spacial score (nSPS) is 13.2. The van der Waals surface area contributed by atoms with E-state index in [1.807, 2.05) is 25.7 Å². The average molecular weight is 233 g/mol. The van der Waals surface area contributed by atoms with Crippen LogP contribution in [-0.2, 0) is 14.3 Å². The third-order valence-corrected chi connectivity index (χ3v) is 2.12. The number of hydrogen-bond donors (Lipinski definition) is 1. The van der Waals surface area contributed by atoms with E-state index < -0.39 is 6.10 Å². The fourth-order valence-electron chi connectivity index (χ4n) is 1.21. The van der Waals surface area contributed by atoms with Gasteiger partial charge in [0.15, 0.2) is 0 Å². The number of rotatable bonds is 8. The van der Waals surface area contributed by atoms with Crippen LogP contribution in [0.1, 0.15) is 20.8 Å². The highest BCUT2D eigenvalue weighted by atomic mass is 16.5. The maximum Gasteiger partial charge on any atom is 0.319 e. The number of methoxy groups -OCH3 is 1. The van der Waals surface area contributed by atoms with Crippen molar-refractivity contribution < 1.29 is 19.4 Å². The highest BCUT2D eigenvalue weighted by Gasteiger charge is 2.14. The summed E-state index contributed by atoms with van der Waals surface area (Å²) < 4.78 is 9.86. The van der Waals surface area contributed by atoms with E-state index in [9.17, 15) is 9.90 Å². The van der Waals surface area contributed by atoms with Crippen LogP contribution >= 0.6 is 0 Å². The molecule has 0 radical (unpaired) electrons. The van der Waals surface area contributed by atoms with Gasteiger partial charge in [0, 0.05) is 6.54 Å². The molecule has 5 heteroatoms. The van der Waals surface area contributed by atoms with Gasteiger partial charge in [0.1, 0.15) is 0 Å². The molecule has 96 valence electrons. The van der Waals surface area contributed by atoms with Crippen LogP contribution in [0.15, 0.2) is 0 Å². The van der Waals surface area contributed by atoms with E-state index >= 15 is 0 Å². The first-order valence-electron chi connectivity index (χ1n) is 5.58. The topological polar surface area (TPSA) is 59.0 Å². The molecule has 0 aromatic carbocycles. The summed E-state index contributed by atoms with van der Waals surface area (Å²) in [6.45, 7) is 7.35. The molecule has 0 aliphatic heterocycles. The van der Waals surface area contributed by atoms with Gasteiger partial charge in [-0.25, -0.2) is 0 Å². The van der Waals surface area contributed by atoms with Crippen LogP contribution in [0.2, 0.25) is 0 Å². The van der Waals surface area contributed by atoms with Crippen LogP contribution in [0.25, 0.3) is 0 Å². The van der Waals surface area contributed by atoms with Crippen LogP contribution in [0.3, 0.4) is 0 Å². The number of carbonyl (C=O) groups excluding carboxylic acids is 1. The van der Waals surface area contributed by atoms with Crippen molar-refractivity contribution in [3.63, 3.8) is 0 Å². The second-order valence-electron chi connectivity index (χ2n) is 3.94. The Morgan fingerprint density at radius 3 is 2.50 bits per heavy atom. The van der Waals surface area contributed by atoms with Gasteiger partial charge in [-0.05, 0) is 20.4 Å². The number of esters is 1. The summed E-state index contributed by atoms with van der Waals surface area (Å²) in [5, 5.41) is 9.67. The molecule has 0 saturated carbocycles. The lowest BCUT2D eigenvalue weighted by atomic mass is 10.3. The van der Waals surface area contributed by atoms with Crippen molar-refractivity contribution >= 4 is 5.97 Å². The van der Waals surface area contributed by atoms with Crippen molar-refractivity contribution in [1.82, 2.24) is 4.90 Å². The second kappa shape index (κ2) is 8.50. The van der Waals surface area contributed by atoms with Crippen molar-refractivity contribution in [3.8, 4) is 0 Å². The third-order valence-electron chi connectivity index (χ3n) is 2.12. The minimum atomic E-state index is -0.577. The zero-order valence-corrected chi connectivity index (χ0v) is 10.6. The van der Waals surface area contributed by atoms with Gasteiger partial charge >= 0.3 is 5.97 Å². The number of ether oxygens (including phenoxy) is 2. The van der Waals surface area contributed by atoms with Crippen LogP contribution < -0.4 is 0 Å². The number of aliphatic hydroxyl groups excluding tert-OH is 1. The van der Waals surface area contributed by atoms with Crippen molar-refractivity contribution in [2.45, 2.75) is 33.0 Å². The number of likely N-dealkylation sites (N-methyl/N-ethyl adjacent to an activating group) is 1. The molecule has 0 aliphatic rings. The van der Waals surface area contributed by atoms with E-state index in [0.717, 1.165) is 0 Å². The molecule has 1 atom stereocenters. The van der Waals surface area contributed by atoms with E-state index in [0.29, 0.717) is 13.1 Å². The summed E-state index contributed by atoms with van der Waals surface area (Å²) in [4.78, 5) is 12.9. The highest BCUT2D eigenvalue weighted by Crippen LogP contribution is 1.97. The van der Waals surface area contributed by atoms with Crippen molar-refractivity contribution in [1.29, 1.82) is 0 Å². The summed E-state index contributed by atoms with van der Waals surface area (Å²) >= 11 is 0. The molecule has 0 rings (SSSR count). The SMILES string of the molecule is CCN(CC(=O)OC)CC(O)COC(C)C. The van der Waals surface area contributed by atoms with Gasteiger partial charge < -0.3 is 14.6 Å². The van der Waals surface area contributed by atoms with Crippen molar-refractivity contribution in [3.05, 3.63) is 0 Å². The summed E-state index contributed by atoms with van der Waals surface area (Å²) in [5.41, 5.74) is 0. The van der Waals surface area contributed by atoms with Gasteiger partial charge in [0.05, 0.1) is 32.5 Å². The molecule has 0 fully saturated rings. The Labute approximate surface area is 97.3 Å². The molecule has 0 heterocycles. The van der Waals surface area contributed by atoms with Gasteiger partial charge in [-0.3, -0.25) is 9.69 Å². The summed E-state index contributed by atoms with van der Waals surface area (Å²) in [5.74, 6) is -0.293. The quantitative estimate of drug-likeness (QED) is 0.610. The molecule has 0 aliphatic carbocycles. The third kappa shape index (κ3) is 7.62. The maximum absolute atomic E-state index is 11.1. The lowest BCUT2D eigenvalue weighted by molar-refractivity contribution is -0.142. The predicted octanol–water partition coefficient (Wildman–Crippen LogP) is 0.267. The molecule has 0 aromatic rings. The molecule has 1 unspecified atom stereocenters. The Morgan fingerprint density at radius 1 is 1.44 bits per heavy atom. The Balaban J connectivity index is 3.87. The van der Waals surface area contributed by atoms with Crippen LogP contribution in [-0.4, -0.2) is 61.5 Å². The largest absolute Gasteiger partial charge is 0.468 e. The fourth-order valence-corrected chi connectivity index (χ4v) is 1.21. The minimum absolute atomic E-state index is 0.102. The summed E-state index contributed by atoms with van der Waals surface area (Å²) in [6.07, 6.45) is -0.475. The Morgan fingerprint density at radius 2 is 2.06 bits per heavy atom. The van der Waals surface area contributed by atoms with Gasteiger partial charge in [-0.2, -0.15) is 0 Å². The first kappa shape index (κ1) is 15.3. The van der Waals surface area contributed by atoms with E-state index in [-0.39, 0.29) is 25.2 Å². The monoisotopic (exact) mass is 233 g/mol. The molecule has 5 nitrogen and oxygen atoms in total. The number of nitrogens with zero attached hydrogens (tertiary/aromatic N) is 1. The maximum atomic E-state index is 11.1. The van der Waals surface area contributed by atoms with Gasteiger partial charge in [0.2, 0.25) is 0 Å². The fraction of sp³-hybridized carbons (Fsp3) is 0.909. The highest BCUT2D eigenvalue weighted by molar-refractivity contribution is 5.71.